The first-order chi connectivity index (χ1) is 15.4. The highest BCUT2D eigenvalue weighted by atomic mass is 16.5. The molecule has 5 aliphatic rings. The van der Waals surface area contributed by atoms with Crippen LogP contribution in [0.5, 0.6) is 0 Å². The highest BCUT2D eigenvalue weighted by Gasteiger charge is 2.67. The predicted molar refractivity (Wildman–Crippen MR) is 126 cm³/mol. The SMILES string of the molecule is C[C@@H]1C[C@@H](O)CC2=CC3=CC[C@]4(C)[C@@H](c5ccc6ccncc6c5)CC[C@H]4[C@@]34CC[C@]21O4. The van der Waals surface area contributed by atoms with Crippen LogP contribution in [0.15, 0.2) is 60.0 Å². The number of hydrogen-bond donors (Lipinski definition) is 1. The average molecular weight is 428 g/mol. The molecule has 3 heterocycles. The molecule has 2 aromatic rings. The normalized spacial score (nSPS) is 44.5. The first-order valence-corrected chi connectivity index (χ1v) is 12.6. The summed E-state index contributed by atoms with van der Waals surface area (Å²) in [7, 11) is 0. The van der Waals surface area contributed by atoms with E-state index in [4.69, 9.17) is 4.74 Å². The summed E-state index contributed by atoms with van der Waals surface area (Å²) in [5.74, 6) is 1.50. The Bertz CT molecular complexity index is 1180. The third kappa shape index (κ3) is 2.32. The topological polar surface area (TPSA) is 42.4 Å². The molecule has 3 nitrogen and oxygen atoms in total. The van der Waals surface area contributed by atoms with E-state index in [1.54, 1.807) is 0 Å². The van der Waals surface area contributed by atoms with Gasteiger partial charge in [0, 0.05) is 17.8 Å². The Labute approximate surface area is 190 Å². The number of aliphatic hydroxyl groups excluding tert-OH is 1. The van der Waals surface area contributed by atoms with E-state index < -0.39 is 0 Å². The summed E-state index contributed by atoms with van der Waals surface area (Å²) >= 11 is 0. The van der Waals surface area contributed by atoms with E-state index in [-0.39, 0.29) is 22.7 Å². The second-order valence-corrected chi connectivity index (χ2v) is 11.6. The predicted octanol–water partition coefficient (Wildman–Crippen LogP) is 6.08. The van der Waals surface area contributed by atoms with Crippen molar-refractivity contribution < 1.29 is 9.84 Å². The molecular weight excluding hydrogens is 394 g/mol. The van der Waals surface area contributed by atoms with Crippen LogP contribution in [0.2, 0.25) is 0 Å². The van der Waals surface area contributed by atoms with Gasteiger partial charge in [-0.05, 0) is 102 Å². The fourth-order valence-corrected chi connectivity index (χ4v) is 8.65. The molecular formula is C29H33NO2. The Morgan fingerprint density at radius 3 is 2.88 bits per heavy atom. The maximum absolute atomic E-state index is 10.4. The lowest BCUT2D eigenvalue weighted by Gasteiger charge is -2.55. The standard InChI is InChI=1S/C29H33NO2/c1-18-13-24(31)16-23-15-22-7-9-27(2)25(20-4-3-19-8-12-30-17-21(19)14-20)5-6-26(27)29(22)11-10-28(18,23)32-29/h3-4,7-8,12,14-15,17-18,24-26,31H,5-6,9-11,13,16H2,1-2H3/t18-,24-,25-,26-,27-,28-,29-/m1/s1. The van der Waals surface area contributed by atoms with Crippen LogP contribution in [-0.4, -0.2) is 27.4 Å². The van der Waals surface area contributed by atoms with Crippen LogP contribution in [0, 0.1) is 17.3 Å². The van der Waals surface area contributed by atoms with Crippen molar-refractivity contribution in [2.24, 2.45) is 17.3 Å². The summed E-state index contributed by atoms with van der Waals surface area (Å²) in [5, 5.41) is 13.0. The minimum absolute atomic E-state index is 0.125. The van der Waals surface area contributed by atoms with Crippen LogP contribution in [0.3, 0.4) is 0 Å². The highest BCUT2D eigenvalue weighted by molar-refractivity contribution is 5.82. The van der Waals surface area contributed by atoms with Gasteiger partial charge in [0.1, 0.15) is 0 Å². The number of fused-ring (bicyclic) bond motifs is 2. The van der Waals surface area contributed by atoms with Gasteiger partial charge in [-0.2, -0.15) is 0 Å². The number of allylic oxidation sites excluding steroid dienone is 1. The van der Waals surface area contributed by atoms with E-state index in [0.29, 0.717) is 17.8 Å². The molecule has 7 rings (SSSR count). The van der Waals surface area contributed by atoms with Crippen molar-refractivity contribution in [3.05, 3.63) is 65.5 Å². The Hall–Kier alpha value is -1.97. The first-order valence-electron chi connectivity index (χ1n) is 12.6. The Kier molecular flexibility index (Phi) is 3.86. The van der Waals surface area contributed by atoms with Crippen molar-refractivity contribution in [1.29, 1.82) is 0 Å². The maximum atomic E-state index is 10.4. The molecule has 2 saturated carbocycles. The van der Waals surface area contributed by atoms with Gasteiger partial charge in [0.15, 0.2) is 0 Å². The second kappa shape index (κ2) is 6.33. The Morgan fingerprint density at radius 1 is 1.09 bits per heavy atom. The van der Waals surface area contributed by atoms with Crippen molar-refractivity contribution in [2.75, 3.05) is 0 Å². The largest absolute Gasteiger partial charge is 0.393 e. The number of pyridine rings is 1. The zero-order chi connectivity index (χ0) is 21.7. The Balaban J connectivity index is 1.31. The molecule has 2 bridgehead atoms. The van der Waals surface area contributed by atoms with Crippen molar-refractivity contribution in [2.45, 2.75) is 82.0 Å². The van der Waals surface area contributed by atoms with Gasteiger partial charge in [-0.3, -0.25) is 4.98 Å². The number of hydrogen-bond acceptors (Lipinski definition) is 3. The molecule has 1 aromatic heterocycles. The van der Waals surface area contributed by atoms with Gasteiger partial charge < -0.3 is 9.84 Å². The van der Waals surface area contributed by atoms with Gasteiger partial charge in [0.2, 0.25) is 0 Å². The molecule has 2 aliphatic heterocycles. The van der Waals surface area contributed by atoms with Crippen LogP contribution in [0.4, 0.5) is 0 Å². The highest BCUT2D eigenvalue weighted by Crippen LogP contribution is 2.69. The fraction of sp³-hybridized carbons (Fsp3) is 0.552. The lowest BCUT2D eigenvalue weighted by Crippen LogP contribution is -2.55. The number of nitrogens with zero attached hydrogens (tertiary/aromatic N) is 1. The van der Waals surface area contributed by atoms with E-state index in [9.17, 15) is 5.11 Å². The number of benzene rings is 1. The smallest absolute Gasteiger partial charge is 0.0975 e. The molecule has 7 atom stereocenters. The summed E-state index contributed by atoms with van der Waals surface area (Å²) in [6, 6.07) is 9.13. The molecule has 0 radical (unpaired) electrons. The van der Waals surface area contributed by atoms with Gasteiger partial charge in [-0.15, -0.1) is 0 Å². The lowest BCUT2D eigenvalue weighted by atomic mass is 9.58. The fourth-order valence-electron chi connectivity index (χ4n) is 8.65. The number of aromatic nitrogens is 1. The van der Waals surface area contributed by atoms with Gasteiger partial charge in [0.25, 0.3) is 0 Å². The quantitative estimate of drug-likeness (QED) is 0.599. The van der Waals surface area contributed by atoms with Crippen molar-refractivity contribution in [3.8, 4) is 0 Å². The molecule has 2 spiro atoms. The average Bonchev–Trinajstić information content (AvgIpc) is 3.31. The van der Waals surface area contributed by atoms with Crippen LogP contribution >= 0.6 is 0 Å². The molecule has 0 amide bonds. The molecule has 1 saturated heterocycles. The van der Waals surface area contributed by atoms with E-state index >= 15 is 0 Å². The molecule has 1 aromatic carbocycles. The zero-order valence-corrected chi connectivity index (χ0v) is 19.2. The Morgan fingerprint density at radius 2 is 1.97 bits per heavy atom. The minimum atomic E-state index is -0.216. The summed E-state index contributed by atoms with van der Waals surface area (Å²) in [5.41, 5.74) is 4.21. The molecule has 166 valence electrons. The second-order valence-electron chi connectivity index (χ2n) is 11.6. The monoisotopic (exact) mass is 427 g/mol. The van der Waals surface area contributed by atoms with Crippen molar-refractivity contribution in [1.82, 2.24) is 4.98 Å². The molecule has 3 fully saturated rings. The van der Waals surface area contributed by atoms with E-state index in [2.05, 4.69) is 55.2 Å². The summed E-state index contributed by atoms with van der Waals surface area (Å²) in [6.07, 6.45) is 16.1. The third-order valence-electron chi connectivity index (χ3n) is 10.2. The summed E-state index contributed by atoms with van der Waals surface area (Å²) in [6.45, 7) is 4.83. The molecule has 0 unspecified atom stereocenters. The third-order valence-corrected chi connectivity index (χ3v) is 10.2. The molecule has 1 N–H and O–H groups in total. The van der Waals surface area contributed by atoms with Crippen LogP contribution in [0.25, 0.3) is 10.8 Å². The first kappa shape index (κ1) is 19.5. The van der Waals surface area contributed by atoms with Gasteiger partial charge in [-0.25, -0.2) is 0 Å². The van der Waals surface area contributed by atoms with Crippen LogP contribution in [-0.2, 0) is 4.74 Å². The van der Waals surface area contributed by atoms with Gasteiger partial charge in [0.05, 0.1) is 17.3 Å². The summed E-state index contributed by atoms with van der Waals surface area (Å²) < 4.78 is 7.32. The van der Waals surface area contributed by atoms with Gasteiger partial charge >= 0.3 is 0 Å². The van der Waals surface area contributed by atoms with Crippen molar-refractivity contribution >= 4 is 10.8 Å². The lowest BCUT2D eigenvalue weighted by molar-refractivity contribution is -0.157. The number of ether oxygens (including phenoxy) is 1. The van der Waals surface area contributed by atoms with Crippen molar-refractivity contribution in [3.63, 3.8) is 0 Å². The maximum Gasteiger partial charge on any atom is 0.0975 e. The minimum Gasteiger partial charge on any atom is -0.393 e. The zero-order valence-electron chi connectivity index (χ0n) is 19.2. The molecule has 32 heavy (non-hydrogen) atoms. The number of rotatable bonds is 1. The van der Waals surface area contributed by atoms with E-state index in [1.807, 2.05) is 12.4 Å². The van der Waals surface area contributed by atoms with Crippen LogP contribution in [0.1, 0.15) is 70.3 Å². The van der Waals surface area contributed by atoms with Gasteiger partial charge in [-0.1, -0.05) is 38.1 Å². The summed E-state index contributed by atoms with van der Waals surface area (Å²) in [4.78, 5) is 4.36. The van der Waals surface area contributed by atoms with E-state index in [1.165, 1.54) is 40.3 Å². The number of aliphatic hydroxyl groups is 1. The molecule has 3 aliphatic carbocycles. The van der Waals surface area contributed by atoms with E-state index in [0.717, 1.165) is 32.1 Å². The van der Waals surface area contributed by atoms with Crippen LogP contribution < -0.4 is 0 Å². The molecule has 3 heteroatoms.